The van der Waals surface area contributed by atoms with Crippen molar-refractivity contribution in [2.24, 2.45) is 5.41 Å². The molecular weight excluding hydrogens is 426 g/mol. The molecule has 2 aromatic carbocycles. The van der Waals surface area contributed by atoms with Gasteiger partial charge in [0.25, 0.3) is 5.91 Å². The average Bonchev–Trinajstić information content (AvgIpc) is 3.15. The van der Waals surface area contributed by atoms with Crippen molar-refractivity contribution in [3.63, 3.8) is 0 Å². The van der Waals surface area contributed by atoms with Gasteiger partial charge in [0.05, 0.1) is 0 Å². The number of nitrogens with zero attached hydrogens (tertiary/aromatic N) is 3. The van der Waals surface area contributed by atoms with Crippen LogP contribution in [0.15, 0.2) is 67.0 Å². The van der Waals surface area contributed by atoms with Crippen LogP contribution in [0.3, 0.4) is 0 Å². The first-order valence-electron chi connectivity index (χ1n) is 11.3. The molecule has 4 aromatic rings. The summed E-state index contributed by atoms with van der Waals surface area (Å²) in [6.45, 7) is 10.8. The van der Waals surface area contributed by atoms with Crippen molar-refractivity contribution in [3.05, 3.63) is 72.7 Å². The van der Waals surface area contributed by atoms with Crippen molar-refractivity contribution in [2.75, 3.05) is 10.6 Å². The number of hydrogen-bond donors (Lipinski definition) is 3. The minimum atomic E-state index is -0.267. The molecule has 0 aliphatic heterocycles. The van der Waals surface area contributed by atoms with Crippen molar-refractivity contribution in [1.29, 1.82) is 0 Å². The molecule has 7 nitrogen and oxygen atoms in total. The summed E-state index contributed by atoms with van der Waals surface area (Å²) < 4.78 is 1.55. The fraction of sp³-hybridized carbons (Fsp3) is 0.296. The van der Waals surface area contributed by atoms with E-state index in [9.17, 15) is 9.90 Å². The van der Waals surface area contributed by atoms with Gasteiger partial charge in [0, 0.05) is 35.8 Å². The van der Waals surface area contributed by atoms with Gasteiger partial charge in [-0.2, -0.15) is 4.98 Å². The maximum atomic E-state index is 13.4. The maximum absolute atomic E-state index is 13.4. The molecule has 34 heavy (non-hydrogen) atoms. The number of aromatic hydroxyl groups is 1. The topological polar surface area (TPSA) is 92.1 Å². The van der Waals surface area contributed by atoms with Crippen LogP contribution in [-0.2, 0) is 0 Å². The molecule has 0 aliphatic carbocycles. The van der Waals surface area contributed by atoms with Gasteiger partial charge in [-0.15, -0.1) is 0 Å². The molecule has 2 heterocycles. The Kier molecular flexibility index (Phi) is 6.04. The van der Waals surface area contributed by atoms with Gasteiger partial charge in [-0.1, -0.05) is 51.1 Å². The predicted octanol–water partition coefficient (Wildman–Crippen LogP) is 6.20. The summed E-state index contributed by atoms with van der Waals surface area (Å²) in [5, 5.41) is 18.4. The van der Waals surface area contributed by atoms with E-state index in [0.717, 1.165) is 17.2 Å². The zero-order chi connectivity index (χ0) is 24.5. The molecule has 0 bridgehead atoms. The first kappa shape index (κ1) is 23.3. The smallest absolute Gasteiger partial charge is 0.280 e. The Morgan fingerprint density at radius 3 is 2.24 bits per heavy atom. The molecule has 7 heteroatoms. The summed E-state index contributed by atoms with van der Waals surface area (Å²) >= 11 is 0. The van der Waals surface area contributed by atoms with Gasteiger partial charge >= 0.3 is 0 Å². The van der Waals surface area contributed by atoms with E-state index < -0.39 is 0 Å². The SMILES string of the molecule is CC(C)(C)CC(C)(C)Nc1cc(C(=O)n2cc3ccccc3c2)nc(Nc2cccc(O)c2)n1. The lowest BCUT2D eigenvalue weighted by molar-refractivity contribution is 0.0955. The van der Waals surface area contributed by atoms with Crippen LogP contribution in [-0.4, -0.2) is 31.1 Å². The van der Waals surface area contributed by atoms with Crippen LogP contribution in [0.5, 0.6) is 5.75 Å². The van der Waals surface area contributed by atoms with Crippen molar-refractivity contribution in [2.45, 2.75) is 46.6 Å². The molecule has 0 saturated carbocycles. The van der Waals surface area contributed by atoms with E-state index >= 15 is 0 Å². The van der Waals surface area contributed by atoms with Crippen molar-refractivity contribution >= 4 is 34.1 Å². The highest BCUT2D eigenvalue weighted by atomic mass is 16.3. The molecular formula is C27H31N5O2. The number of benzene rings is 2. The van der Waals surface area contributed by atoms with Crippen molar-refractivity contribution in [1.82, 2.24) is 14.5 Å². The lowest BCUT2D eigenvalue weighted by Crippen LogP contribution is -2.36. The van der Waals surface area contributed by atoms with E-state index in [-0.39, 0.29) is 34.3 Å². The third-order valence-electron chi connectivity index (χ3n) is 5.27. The summed E-state index contributed by atoms with van der Waals surface area (Å²) in [5.74, 6) is 0.685. The normalized spacial score (nSPS) is 12.0. The van der Waals surface area contributed by atoms with E-state index in [4.69, 9.17) is 0 Å². The van der Waals surface area contributed by atoms with Gasteiger partial charge < -0.3 is 15.7 Å². The lowest BCUT2D eigenvalue weighted by Gasteiger charge is -2.33. The van der Waals surface area contributed by atoms with E-state index in [2.05, 4.69) is 55.2 Å². The first-order valence-corrected chi connectivity index (χ1v) is 11.3. The molecule has 0 fully saturated rings. The van der Waals surface area contributed by atoms with Gasteiger partial charge in [0.1, 0.15) is 17.3 Å². The number of aromatic nitrogens is 3. The molecule has 2 aromatic heterocycles. The largest absolute Gasteiger partial charge is 0.508 e. The van der Waals surface area contributed by atoms with Crippen LogP contribution in [0.1, 0.15) is 51.5 Å². The highest BCUT2D eigenvalue weighted by Gasteiger charge is 2.26. The van der Waals surface area contributed by atoms with Crippen LogP contribution in [0.4, 0.5) is 17.5 Å². The number of carbonyl (C=O) groups is 1. The van der Waals surface area contributed by atoms with E-state index in [1.165, 1.54) is 0 Å². The average molecular weight is 458 g/mol. The molecule has 0 spiro atoms. The Balaban J connectivity index is 1.72. The quantitative estimate of drug-likeness (QED) is 0.319. The third-order valence-corrected chi connectivity index (χ3v) is 5.27. The standard InChI is InChI=1S/C27H31N5O2/c1-26(2,3)17-27(4,5)31-23-14-22(24(34)32-15-18-9-6-7-10-19(18)16-32)29-25(30-23)28-20-11-8-12-21(33)13-20/h6-16,33H,17H2,1-5H3,(H2,28,29,30,31). The fourth-order valence-corrected chi connectivity index (χ4v) is 4.44. The molecule has 0 radical (unpaired) electrons. The number of rotatable bonds is 6. The van der Waals surface area contributed by atoms with E-state index in [1.807, 2.05) is 24.3 Å². The van der Waals surface area contributed by atoms with Crippen LogP contribution in [0.25, 0.3) is 10.8 Å². The predicted molar refractivity (Wildman–Crippen MR) is 137 cm³/mol. The van der Waals surface area contributed by atoms with Gasteiger partial charge in [0.15, 0.2) is 0 Å². The molecule has 0 unspecified atom stereocenters. The van der Waals surface area contributed by atoms with Crippen LogP contribution >= 0.6 is 0 Å². The number of hydrogen-bond acceptors (Lipinski definition) is 6. The van der Waals surface area contributed by atoms with Crippen molar-refractivity contribution < 1.29 is 9.90 Å². The van der Waals surface area contributed by atoms with Gasteiger partial charge in [-0.3, -0.25) is 9.36 Å². The number of fused-ring (bicyclic) bond motifs is 1. The zero-order valence-corrected chi connectivity index (χ0v) is 20.3. The maximum Gasteiger partial charge on any atom is 0.280 e. The highest BCUT2D eigenvalue weighted by Crippen LogP contribution is 2.30. The Morgan fingerprint density at radius 2 is 1.62 bits per heavy atom. The minimum Gasteiger partial charge on any atom is -0.508 e. The molecule has 0 atom stereocenters. The second-order valence-electron chi connectivity index (χ2n) is 10.5. The number of nitrogens with one attached hydrogen (secondary N) is 2. The number of anilines is 3. The summed E-state index contributed by atoms with van der Waals surface area (Å²) in [5.41, 5.74) is 0.719. The van der Waals surface area contributed by atoms with Crippen LogP contribution in [0.2, 0.25) is 0 Å². The first-order chi connectivity index (χ1) is 16.0. The molecule has 0 amide bonds. The second kappa shape index (κ2) is 8.82. The number of carbonyl (C=O) groups excluding carboxylic acids is 1. The van der Waals surface area contributed by atoms with Gasteiger partial charge in [-0.05, 0) is 48.6 Å². The Labute approximate surface area is 199 Å². The Hall–Kier alpha value is -3.87. The van der Waals surface area contributed by atoms with Gasteiger partial charge in [-0.25, -0.2) is 4.98 Å². The monoisotopic (exact) mass is 457 g/mol. The minimum absolute atomic E-state index is 0.107. The molecule has 0 aliphatic rings. The van der Waals surface area contributed by atoms with E-state index in [0.29, 0.717) is 11.5 Å². The molecule has 176 valence electrons. The lowest BCUT2D eigenvalue weighted by atomic mass is 9.82. The van der Waals surface area contributed by atoms with Crippen molar-refractivity contribution in [3.8, 4) is 5.75 Å². The number of phenols is 1. The van der Waals surface area contributed by atoms with E-state index in [1.54, 1.807) is 47.3 Å². The highest BCUT2D eigenvalue weighted by molar-refractivity contribution is 5.98. The third kappa shape index (κ3) is 5.73. The summed E-state index contributed by atoms with van der Waals surface area (Å²) in [4.78, 5) is 22.5. The Bertz CT molecular complexity index is 1300. The zero-order valence-electron chi connectivity index (χ0n) is 20.3. The summed E-state index contributed by atoms with van der Waals surface area (Å²) in [6, 6.07) is 16.2. The summed E-state index contributed by atoms with van der Waals surface area (Å²) in [6.07, 6.45) is 4.50. The van der Waals surface area contributed by atoms with Gasteiger partial charge in [0.2, 0.25) is 5.95 Å². The Morgan fingerprint density at radius 1 is 0.941 bits per heavy atom. The van der Waals surface area contributed by atoms with Crippen LogP contribution in [0, 0.1) is 5.41 Å². The van der Waals surface area contributed by atoms with Crippen LogP contribution < -0.4 is 10.6 Å². The second-order valence-corrected chi connectivity index (χ2v) is 10.5. The number of phenolic OH excluding ortho intramolecular Hbond substituents is 1. The molecule has 4 rings (SSSR count). The molecule has 0 saturated heterocycles. The molecule has 3 N–H and O–H groups in total. The summed E-state index contributed by atoms with van der Waals surface area (Å²) in [7, 11) is 0. The fourth-order valence-electron chi connectivity index (χ4n) is 4.44.